The monoisotopic (exact) mass is 314 g/mol. The summed E-state index contributed by atoms with van der Waals surface area (Å²) in [4.78, 5) is 11.7. The predicted molar refractivity (Wildman–Crippen MR) is 65.3 cm³/mol. The second kappa shape index (κ2) is 5.84. The Morgan fingerprint density at radius 1 is 1.29 bits per heavy atom. The molecule has 0 bridgehead atoms. The number of hydrogen-bond acceptors (Lipinski definition) is 6. The number of carbonyl (C=O) groups excluding carboxylic acids is 1. The molecular weight excluding hydrogens is 309 g/mol. The van der Waals surface area contributed by atoms with Gasteiger partial charge in [0.15, 0.2) is 6.07 Å². The minimum atomic E-state index is -4.39. The number of hydrogen-bond donors (Lipinski definition) is 1. The van der Waals surface area contributed by atoms with Crippen molar-refractivity contribution in [2.45, 2.75) is 10.4 Å². The minimum absolute atomic E-state index is 0.0383. The van der Waals surface area contributed by atoms with Crippen LogP contribution < -0.4 is 5.32 Å². The Morgan fingerprint density at radius 3 is 2.48 bits per heavy atom. The van der Waals surface area contributed by atoms with E-state index in [-0.39, 0.29) is 34.1 Å². The molecular formula is C11H5F3N4O2S. The Bertz CT molecular complexity index is 691. The molecule has 1 heterocycles. The average molecular weight is 314 g/mol. The molecule has 0 spiro atoms. The highest BCUT2D eigenvalue weighted by molar-refractivity contribution is 8.00. The Balaban J connectivity index is 2.04. The second-order valence-electron chi connectivity index (χ2n) is 3.55. The molecule has 0 saturated heterocycles. The number of anilines is 1. The van der Waals surface area contributed by atoms with Gasteiger partial charge in [-0.05, 0) is 36.0 Å². The predicted octanol–water partition coefficient (Wildman–Crippen LogP) is 2.81. The molecule has 0 atom stereocenters. The van der Waals surface area contributed by atoms with Crippen LogP contribution in [0, 0.1) is 11.3 Å². The van der Waals surface area contributed by atoms with E-state index in [9.17, 15) is 18.0 Å². The molecule has 6 nitrogen and oxygen atoms in total. The third kappa shape index (κ3) is 4.22. The highest BCUT2D eigenvalue weighted by Gasteiger charge is 2.29. The number of nitrogens with one attached hydrogen (secondary N) is 1. The molecule has 1 amide bonds. The summed E-state index contributed by atoms with van der Waals surface area (Å²) in [5, 5.41) is 17.4. The van der Waals surface area contributed by atoms with Crippen molar-refractivity contribution in [1.29, 1.82) is 5.26 Å². The van der Waals surface area contributed by atoms with Crippen LogP contribution in [-0.2, 0) is 0 Å². The summed E-state index contributed by atoms with van der Waals surface area (Å²) < 4.78 is 41.2. The lowest BCUT2D eigenvalue weighted by molar-refractivity contribution is -0.0328. The zero-order valence-corrected chi connectivity index (χ0v) is 10.8. The lowest BCUT2D eigenvalue weighted by Gasteiger charge is -2.06. The van der Waals surface area contributed by atoms with Crippen molar-refractivity contribution in [2.24, 2.45) is 0 Å². The highest BCUT2D eigenvalue weighted by atomic mass is 32.2. The number of aromatic nitrogens is 2. The number of halogens is 3. The van der Waals surface area contributed by atoms with E-state index in [0.29, 0.717) is 0 Å². The van der Waals surface area contributed by atoms with Crippen molar-refractivity contribution < 1.29 is 22.4 Å². The van der Waals surface area contributed by atoms with Crippen LogP contribution in [0.2, 0.25) is 0 Å². The van der Waals surface area contributed by atoms with Gasteiger partial charge < -0.3 is 4.42 Å². The maximum absolute atomic E-state index is 12.2. The summed E-state index contributed by atoms with van der Waals surface area (Å²) in [6.07, 6.45) is 0. The summed E-state index contributed by atoms with van der Waals surface area (Å²) >= 11 is -0.277. The van der Waals surface area contributed by atoms with E-state index in [1.54, 1.807) is 6.07 Å². The molecule has 108 valence electrons. The number of alkyl halides is 3. The van der Waals surface area contributed by atoms with Crippen molar-refractivity contribution in [3.8, 4) is 6.07 Å². The molecule has 0 aliphatic heterocycles. The topological polar surface area (TPSA) is 91.8 Å². The van der Waals surface area contributed by atoms with Crippen LogP contribution in [0.3, 0.4) is 0 Å². The van der Waals surface area contributed by atoms with Crippen molar-refractivity contribution >= 4 is 23.7 Å². The van der Waals surface area contributed by atoms with Gasteiger partial charge in [-0.2, -0.15) is 18.4 Å². The summed E-state index contributed by atoms with van der Waals surface area (Å²) in [5.74, 6) is -0.964. The summed E-state index contributed by atoms with van der Waals surface area (Å²) in [5.41, 5.74) is -4.28. The minimum Gasteiger partial charge on any atom is -0.394 e. The molecule has 0 aliphatic rings. The van der Waals surface area contributed by atoms with Crippen LogP contribution in [0.1, 0.15) is 16.2 Å². The molecule has 21 heavy (non-hydrogen) atoms. The van der Waals surface area contributed by atoms with Gasteiger partial charge in [-0.1, -0.05) is 10.2 Å². The van der Waals surface area contributed by atoms with Crippen LogP contribution >= 0.6 is 11.8 Å². The first-order chi connectivity index (χ1) is 9.87. The van der Waals surface area contributed by atoms with E-state index in [1.807, 2.05) is 0 Å². The van der Waals surface area contributed by atoms with E-state index >= 15 is 0 Å². The molecule has 2 aromatic rings. The van der Waals surface area contributed by atoms with Gasteiger partial charge in [0.25, 0.3) is 5.91 Å². The van der Waals surface area contributed by atoms with E-state index in [4.69, 9.17) is 9.68 Å². The Morgan fingerprint density at radius 2 is 1.95 bits per heavy atom. The number of thioether (sulfide) groups is 1. The zero-order chi connectivity index (χ0) is 15.5. The fraction of sp³-hybridized carbons (Fsp3) is 0.0909. The summed E-state index contributed by atoms with van der Waals surface area (Å²) in [6.45, 7) is 0. The first-order valence-electron chi connectivity index (χ1n) is 5.28. The summed E-state index contributed by atoms with van der Waals surface area (Å²) in [7, 11) is 0. The van der Waals surface area contributed by atoms with E-state index in [1.165, 1.54) is 24.3 Å². The highest BCUT2D eigenvalue weighted by Crippen LogP contribution is 2.36. The molecule has 0 radical (unpaired) electrons. The molecule has 0 aliphatic carbocycles. The van der Waals surface area contributed by atoms with Crippen LogP contribution in [-0.4, -0.2) is 21.6 Å². The first kappa shape index (κ1) is 14.9. The largest absolute Gasteiger partial charge is 0.446 e. The molecule has 1 aromatic carbocycles. The zero-order valence-electron chi connectivity index (χ0n) is 10.0. The third-order valence-electron chi connectivity index (χ3n) is 2.09. The van der Waals surface area contributed by atoms with Gasteiger partial charge in [-0.3, -0.25) is 10.1 Å². The number of rotatable bonds is 3. The lowest BCUT2D eigenvalue weighted by Crippen LogP contribution is -2.12. The van der Waals surface area contributed by atoms with E-state index < -0.39 is 11.4 Å². The van der Waals surface area contributed by atoms with Crippen LogP contribution in [0.15, 0.2) is 33.6 Å². The van der Waals surface area contributed by atoms with Crippen molar-refractivity contribution in [3.63, 3.8) is 0 Å². The Hall–Kier alpha value is -2.54. The fourth-order valence-corrected chi connectivity index (χ4v) is 1.84. The molecule has 0 saturated carbocycles. The number of benzene rings is 1. The van der Waals surface area contributed by atoms with Gasteiger partial charge in [0, 0.05) is 10.5 Å². The van der Waals surface area contributed by atoms with Gasteiger partial charge >= 0.3 is 17.4 Å². The molecule has 0 fully saturated rings. The Labute approximate surface area is 120 Å². The normalized spacial score (nSPS) is 11.0. The summed E-state index contributed by atoms with van der Waals surface area (Å²) in [6, 6.07) is 6.11. The first-order valence-corrected chi connectivity index (χ1v) is 6.10. The van der Waals surface area contributed by atoms with E-state index in [0.717, 1.165) is 0 Å². The molecule has 1 N–H and O–H groups in total. The molecule has 10 heteroatoms. The third-order valence-corrected chi connectivity index (χ3v) is 2.83. The number of carbonyl (C=O) groups is 1. The van der Waals surface area contributed by atoms with E-state index in [2.05, 4.69) is 15.5 Å². The SMILES string of the molecule is N#Cc1nnc(NC(=O)c2ccc(SC(F)(F)F)cc2)o1. The van der Waals surface area contributed by atoms with Crippen molar-refractivity contribution in [1.82, 2.24) is 10.2 Å². The van der Waals surface area contributed by atoms with Crippen molar-refractivity contribution in [3.05, 3.63) is 35.7 Å². The van der Waals surface area contributed by atoms with Gasteiger partial charge in [0.05, 0.1) is 0 Å². The molecule has 1 aromatic heterocycles. The maximum atomic E-state index is 12.2. The lowest BCUT2D eigenvalue weighted by atomic mass is 10.2. The quantitative estimate of drug-likeness (QED) is 0.876. The maximum Gasteiger partial charge on any atom is 0.446 e. The van der Waals surface area contributed by atoms with Crippen LogP contribution in [0.4, 0.5) is 19.2 Å². The van der Waals surface area contributed by atoms with Crippen LogP contribution in [0.5, 0.6) is 0 Å². The molecule has 0 unspecified atom stereocenters. The van der Waals surface area contributed by atoms with Crippen LogP contribution in [0.25, 0.3) is 0 Å². The standard InChI is InChI=1S/C11H5F3N4O2S/c12-11(13,14)21-7-3-1-6(2-4-7)9(19)16-10-18-17-8(5-15)20-10/h1-4H,(H,16,18,19). The molecule has 2 rings (SSSR count). The number of nitriles is 1. The van der Waals surface area contributed by atoms with Gasteiger partial charge in [-0.25, -0.2) is 0 Å². The van der Waals surface area contributed by atoms with Gasteiger partial charge in [0.1, 0.15) is 0 Å². The smallest absolute Gasteiger partial charge is 0.394 e. The van der Waals surface area contributed by atoms with Gasteiger partial charge in [0.2, 0.25) is 0 Å². The number of amides is 1. The van der Waals surface area contributed by atoms with Crippen molar-refractivity contribution in [2.75, 3.05) is 5.32 Å². The van der Waals surface area contributed by atoms with Gasteiger partial charge in [-0.15, -0.1) is 0 Å². The number of nitrogens with zero attached hydrogens (tertiary/aromatic N) is 3. The fourth-order valence-electron chi connectivity index (χ4n) is 1.30. The Kier molecular flexibility index (Phi) is 4.13. The average Bonchev–Trinajstić information content (AvgIpc) is 2.85. The second-order valence-corrected chi connectivity index (χ2v) is 4.69.